The van der Waals surface area contributed by atoms with E-state index in [1.807, 2.05) is 13.0 Å². The van der Waals surface area contributed by atoms with E-state index in [2.05, 4.69) is 0 Å². The highest BCUT2D eigenvalue weighted by Crippen LogP contribution is 2.21. The average Bonchev–Trinajstić information content (AvgIpc) is 2.62. The van der Waals surface area contributed by atoms with E-state index >= 15 is 0 Å². The predicted molar refractivity (Wildman–Crippen MR) is 52.1 cm³/mol. The molecule has 0 bridgehead atoms. The second-order valence-corrected chi connectivity index (χ2v) is 3.19. The molecule has 0 fully saturated rings. The largest absolute Gasteiger partial charge is 0.481 e. The minimum Gasteiger partial charge on any atom is -0.481 e. The van der Waals surface area contributed by atoms with Gasteiger partial charge in [-0.25, -0.2) is 0 Å². The fourth-order valence-electron chi connectivity index (χ4n) is 1.31. The quantitative estimate of drug-likeness (QED) is 0.747. The van der Waals surface area contributed by atoms with E-state index in [4.69, 9.17) is 15.3 Å². The first-order valence-electron chi connectivity index (χ1n) is 4.67. The Hall–Kier alpha value is -1.29. The predicted octanol–water partition coefficient (Wildman–Crippen LogP) is 1.36. The van der Waals surface area contributed by atoms with Gasteiger partial charge in [0.2, 0.25) is 0 Å². The van der Waals surface area contributed by atoms with Crippen molar-refractivity contribution >= 4 is 5.97 Å². The molecule has 0 aliphatic heterocycles. The Kier molecular flexibility index (Phi) is 3.71. The molecule has 0 aromatic carbocycles. The van der Waals surface area contributed by atoms with E-state index in [0.717, 1.165) is 12.2 Å². The topological polar surface area (TPSA) is 76.5 Å². The van der Waals surface area contributed by atoms with Crippen molar-refractivity contribution in [2.45, 2.75) is 25.7 Å². The summed E-state index contributed by atoms with van der Waals surface area (Å²) in [5.74, 6) is 0.471. The summed E-state index contributed by atoms with van der Waals surface area (Å²) in [5.41, 5.74) is 5.48. The lowest BCUT2D eigenvalue weighted by molar-refractivity contribution is -0.137. The van der Waals surface area contributed by atoms with Crippen LogP contribution in [-0.4, -0.2) is 17.6 Å². The van der Waals surface area contributed by atoms with Crippen molar-refractivity contribution in [1.29, 1.82) is 0 Å². The number of hydrogen-bond acceptors (Lipinski definition) is 3. The minimum atomic E-state index is -0.852. The van der Waals surface area contributed by atoms with E-state index in [9.17, 15) is 4.79 Å². The Morgan fingerprint density at radius 2 is 2.36 bits per heavy atom. The molecule has 78 valence electrons. The Morgan fingerprint density at radius 1 is 1.64 bits per heavy atom. The van der Waals surface area contributed by atoms with Crippen molar-refractivity contribution in [3.8, 4) is 0 Å². The molecule has 0 saturated carbocycles. The van der Waals surface area contributed by atoms with Crippen LogP contribution in [0.1, 0.15) is 30.8 Å². The highest BCUT2D eigenvalue weighted by molar-refractivity contribution is 5.67. The number of rotatable bonds is 5. The molecule has 1 heterocycles. The van der Waals surface area contributed by atoms with E-state index in [1.165, 1.54) is 0 Å². The standard InChI is InChI=1S/C10H15NO3/c1-2-8-3-4-9(14-8)7(6-11)5-10(12)13/h3-4,7H,2,5-6,11H2,1H3,(H,12,13). The van der Waals surface area contributed by atoms with Crippen LogP contribution in [-0.2, 0) is 11.2 Å². The molecule has 4 heteroatoms. The molecule has 1 aromatic rings. The Morgan fingerprint density at radius 3 is 2.79 bits per heavy atom. The van der Waals surface area contributed by atoms with Gasteiger partial charge in [-0.2, -0.15) is 0 Å². The summed E-state index contributed by atoms with van der Waals surface area (Å²) in [7, 11) is 0. The number of aliphatic carboxylic acids is 1. The molecule has 0 radical (unpaired) electrons. The van der Waals surface area contributed by atoms with Crippen LogP contribution < -0.4 is 5.73 Å². The normalized spacial score (nSPS) is 12.7. The van der Waals surface area contributed by atoms with Gasteiger partial charge in [-0.1, -0.05) is 6.92 Å². The maximum atomic E-state index is 10.5. The summed E-state index contributed by atoms with van der Waals surface area (Å²) in [6.07, 6.45) is 0.831. The molecule has 0 aliphatic rings. The van der Waals surface area contributed by atoms with Crippen molar-refractivity contribution in [2.24, 2.45) is 5.73 Å². The molecule has 0 saturated heterocycles. The van der Waals surface area contributed by atoms with Crippen molar-refractivity contribution in [3.63, 3.8) is 0 Å². The lowest BCUT2D eigenvalue weighted by atomic mass is 10.0. The molecular formula is C10H15NO3. The highest BCUT2D eigenvalue weighted by atomic mass is 16.4. The fraction of sp³-hybridized carbons (Fsp3) is 0.500. The third kappa shape index (κ3) is 2.60. The second kappa shape index (κ2) is 4.81. The zero-order chi connectivity index (χ0) is 10.6. The van der Waals surface area contributed by atoms with Gasteiger partial charge in [-0.3, -0.25) is 4.79 Å². The number of carboxylic acids is 1. The fourth-order valence-corrected chi connectivity index (χ4v) is 1.31. The van der Waals surface area contributed by atoms with Crippen LogP contribution in [0.3, 0.4) is 0 Å². The molecule has 4 nitrogen and oxygen atoms in total. The van der Waals surface area contributed by atoms with E-state index in [1.54, 1.807) is 6.07 Å². The third-order valence-corrected chi connectivity index (χ3v) is 2.14. The van der Waals surface area contributed by atoms with Crippen LogP contribution in [0.2, 0.25) is 0 Å². The minimum absolute atomic E-state index is 0.0210. The maximum Gasteiger partial charge on any atom is 0.304 e. The van der Waals surface area contributed by atoms with E-state index < -0.39 is 5.97 Å². The van der Waals surface area contributed by atoms with Crippen LogP contribution in [0, 0.1) is 0 Å². The first kappa shape index (κ1) is 10.8. The Balaban J connectivity index is 2.73. The van der Waals surface area contributed by atoms with Crippen LogP contribution in [0.25, 0.3) is 0 Å². The van der Waals surface area contributed by atoms with E-state index in [-0.39, 0.29) is 12.3 Å². The summed E-state index contributed by atoms with van der Waals surface area (Å²) in [5, 5.41) is 8.64. The number of furan rings is 1. The molecule has 0 spiro atoms. The van der Waals surface area contributed by atoms with Crippen LogP contribution in [0.4, 0.5) is 0 Å². The first-order valence-corrected chi connectivity index (χ1v) is 4.67. The summed E-state index contributed by atoms with van der Waals surface area (Å²) in [6.45, 7) is 2.28. The van der Waals surface area contributed by atoms with Crippen molar-refractivity contribution < 1.29 is 14.3 Å². The summed E-state index contributed by atoms with van der Waals surface area (Å²) >= 11 is 0. The molecule has 1 atom stereocenters. The molecule has 3 N–H and O–H groups in total. The molecule has 1 unspecified atom stereocenters. The van der Waals surface area contributed by atoms with Gasteiger partial charge in [0, 0.05) is 18.9 Å². The molecule has 0 amide bonds. The number of aryl methyl sites for hydroxylation is 1. The maximum absolute atomic E-state index is 10.5. The number of hydrogen-bond donors (Lipinski definition) is 2. The van der Waals surface area contributed by atoms with Crippen molar-refractivity contribution in [2.75, 3.05) is 6.54 Å². The van der Waals surface area contributed by atoms with Gasteiger partial charge in [-0.05, 0) is 12.1 Å². The SMILES string of the molecule is CCc1ccc(C(CN)CC(=O)O)o1. The summed E-state index contributed by atoms with van der Waals surface area (Å²) in [6, 6.07) is 3.67. The van der Waals surface area contributed by atoms with Crippen molar-refractivity contribution in [3.05, 3.63) is 23.7 Å². The molecule has 1 aromatic heterocycles. The lowest BCUT2D eigenvalue weighted by Crippen LogP contribution is -2.15. The molecule has 1 rings (SSSR count). The van der Waals surface area contributed by atoms with Gasteiger partial charge in [0.25, 0.3) is 0 Å². The van der Waals surface area contributed by atoms with Gasteiger partial charge in [0.1, 0.15) is 11.5 Å². The smallest absolute Gasteiger partial charge is 0.304 e. The zero-order valence-electron chi connectivity index (χ0n) is 8.19. The Bertz CT molecular complexity index is 306. The van der Waals surface area contributed by atoms with Gasteiger partial charge in [0.15, 0.2) is 0 Å². The van der Waals surface area contributed by atoms with Crippen molar-refractivity contribution in [1.82, 2.24) is 0 Å². The number of nitrogens with two attached hydrogens (primary N) is 1. The van der Waals surface area contributed by atoms with Gasteiger partial charge < -0.3 is 15.3 Å². The van der Waals surface area contributed by atoms with Crippen LogP contribution in [0.15, 0.2) is 16.5 Å². The summed E-state index contributed by atoms with van der Waals surface area (Å²) < 4.78 is 5.44. The zero-order valence-corrected chi connectivity index (χ0v) is 8.19. The lowest BCUT2D eigenvalue weighted by Gasteiger charge is -2.08. The monoisotopic (exact) mass is 197 g/mol. The molecule has 0 aliphatic carbocycles. The summed E-state index contributed by atoms with van der Waals surface area (Å²) in [4.78, 5) is 10.5. The number of carboxylic acid groups (broad SMARTS) is 1. The molecule has 14 heavy (non-hydrogen) atoms. The van der Waals surface area contributed by atoms with Gasteiger partial charge in [-0.15, -0.1) is 0 Å². The van der Waals surface area contributed by atoms with Gasteiger partial charge in [0.05, 0.1) is 6.42 Å². The Labute approximate surface area is 82.7 Å². The van der Waals surface area contributed by atoms with Crippen LogP contribution >= 0.6 is 0 Å². The number of carbonyl (C=O) groups is 1. The third-order valence-electron chi connectivity index (χ3n) is 2.14. The van der Waals surface area contributed by atoms with Gasteiger partial charge >= 0.3 is 5.97 Å². The van der Waals surface area contributed by atoms with E-state index in [0.29, 0.717) is 12.3 Å². The van der Waals surface area contributed by atoms with Crippen LogP contribution in [0.5, 0.6) is 0 Å². The molecular weight excluding hydrogens is 182 g/mol. The highest BCUT2D eigenvalue weighted by Gasteiger charge is 2.17. The first-order chi connectivity index (χ1) is 6.67. The second-order valence-electron chi connectivity index (χ2n) is 3.19. The average molecular weight is 197 g/mol.